The van der Waals surface area contributed by atoms with Crippen molar-refractivity contribution in [2.75, 3.05) is 18.6 Å². The van der Waals surface area contributed by atoms with Crippen molar-refractivity contribution in [3.63, 3.8) is 0 Å². The number of carbonyl (C=O) groups is 1. The average Bonchev–Trinajstić information content (AvgIpc) is 2.53. The van der Waals surface area contributed by atoms with Gasteiger partial charge in [-0.15, -0.1) is 0 Å². The number of nitrogens with one attached hydrogen (secondary N) is 1. The fraction of sp³-hybridized carbons (Fsp3) is 0.429. The highest BCUT2D eigenvalue weighted by atomic mass is 32.2. The maximum absolute atomic E-state index is 11.2. The van der Waals surface area contributed by atoms with Crippen molar-refractivity contribution in [2.24, 2.45) is 0 Å². The van der Waals surface area contributed by atoms with E-state index in [0.29, 0.717) is 0 Å². The molecule has 0 spiro atoms. The predicted molar refractivity (Wildman–Crippen MR) is 50.7 cm³/mol. The maximum atomic E-state index is 11.2. The first-order valence-electron chi connectivity index (χ1n) is 3.93. The highest BCUT2D eigenvalue weighted by Crippen LogP contribution is 1.85. The molecular formula is C7H11N3O3S. The number of hydrogen-bond donors (Lipinski definition) is 1. The topological polar surface area (TPSA) is 81.1 Å². The van der Waals surface area contributed by atoms with E-state index in [2.05, 4.69) is 10.3 Å². The summed E-state index contributed by atoms with van der Waals surface area (Å²) in [5.41, 5.74) is 0. The van der Waals surface area contributed by atoms with E-state index < -0.39 is 9.84 Å². The molecule has 14 heavy (non-hydrogen) atoms. The molecule has 1 aromatic rings. The van der Waals surface area contributed by atoms with E-state index in [0.717, 1.165) is 6.26 Å². The van der Waals surface area contributed by atoms with Crippen LogP contribution in [0.4, 0.5) is 4.79 Å². The maximum Gasteiger partial charge on any atom is 0.326 e. The van der Waals surface area contributed by atoms with Crippen molar-refractivity contribution in [1.82, 2.24) is 14.9 Å². The van der Waals surface area contributed by atoms with E-state index in [9.17, 15) is 13.2 Å². The molecule has 0 aliphatic heterocycles. The number of amides is 1. The number of imidazole rings is 1. The molecule has 0 unspecified atom stereocenters. The molecule has 0 aromatic carbocycles. The highest BCUT2D eigenvalue weighted by molar-refractivity contribution is 7.90. The van der Waals surface area contributed by atoms with Crippen LogP contribution in [0.15, 0.2) is 18.7 Å². The van der Waals surface area contributed by atoms with Gasteiger partial charge in [0.05, 0.1) is 5.75 Å². The molecule has 7 heteroatoms. The molecule has 0 fully saturated rings. The van der Waals surface area contributed by atoms with Gasteiger partial charge in [0.2, 0.25) is 0 Å². The van der Waals surface area contributed by atoms with Crippen LogP contribution in [-0.2, 0) is 9.84 Å². The summed E-state index contributed by atoms with van der Waals surface area (Å²) in [5, 5.41) is 2.45. The van der Waals surface area contributed by atoms with Gasteiger partial charge in [-0.05, 0) is 0 Å². The van der Waals surface area contributed by atoms with Crippen LogP contribution in [0.25, 0.3) is 0 Å². The Labute approximate surface area is 81.9 Å². The number of hydrogen-bond acceptors (Lipinski definition) is 4. The van der Waals surface area contributed by atoms with Crippen molar-refractivity contribution >= 4 is 15.9 Å². The van der Waals surface area contributed by atoms with Crippen molar-refractivity contribution in [3.8, 4) is 0 Å². The molecule has 0 aliphatic rings. The lowest BCUT2D eigenvalue weighted by Gasteiger charge is -2.03. The molecule has 0 radical (unpaired) electrons. The second kappa shape index (κ2) is 4.23. The Hall–Kier alpha value is -1.37. The number of nitrogens with zero attached hydrogens (tertiary/aromatic N) is 2. The number of carbonyl (C=O) groups excluding carboxylic acids is 1. The van der Waals surface area contributed by atoms with Crippen molar-refractivity contribution in [3.05, 3.63) is 18.7 Å². The monoisotopic (exact) mass is 217 g/mol. The van der Waals surface area contributed by atoms with E-state index >= 15 is 0 Å². The third-order valence-electron chi connectivity index (χ3n) is 1.49. The summed E-state index contributed by atoms with van der Waals surface area (Å²) in [6.45, 7) is 0.107. The van der Waals surface area contributed by atoms with Crippen LogP contribution in [-0.4, -0.2) is 42.6 Å². The lowest BCUT2D eigenvalue weighted by Crippen LogP contribution is -2.31. The zero-order chi connectivity index (χ0) is 10.6. The Kier molecular flexibility index (Phi) is 3.23. The summed E-state index contributed by atoms with van der Waals surface area (Å²) in [4.78, 5) is 14.9. The van der Waals surface area contributed by atoms with E-state index in [1.165, 1.54) is 23.3 Å². The highest BCUT2D eigenvalue weighted by Gasteiger charge is 2.05. The van der Waals surface area contributed by atoms with Crippen molar-refractivity contribution in [1.29, 1.82) is 0 Å². The standard InChI is InChI=1S/C7H11N3O3S/c1-14(12,13)5-3-9-7(11)10-4-2-8-6-10/h2,4,6H,3,5H2,1H3,(H,9,11). The van der Waals surface area contributed by atoms with Crippen LogP contribution in [0, 0.1) is 0 Å². The molecule has 0 bridgehead atoms. The van der Waals surface area contributed by atoms with Crippen LogP contribution >= 0.6 is 0 Å². The summed E-state index contributed by atoms with van der Waals surface area (Å²) >= 11 is 0. The predicted octanol–water partition coefficient (Wildman–Crippen LogP) is -0.515. The third-order valence-corrected chi connectivity index (χ3v) is 2.43. The Morgan fingerprint density at radius 1 is 1.57 bits per heavy atom. The lowest BCUT2D eigenvalue weighted by atomic mass is 10.7. The van der Waals surface area contributed by atoms with Gasteiger partial charge < -0.3 is 5.32 Å². The van der Waals surface area contributed by atoms with Gasteiger partial charge in [-0.3, -0.25) is 4.57 Å². The largest absolute Gasteiger partial charge is 0.336 e. The first kappa shape index (κ1) is 10.7. The minimum Gasteiger partial charge on any atom is -0.336 e. The van der Waals surface area contributed by atoms with Crippen molar-refractivity contribution < 1.29 is 13.2 Å². The van der Waals surface area contributed by atoms with Gasteiger partial charge in [-0.2, -0.15) is 0 Å². The average molecular weight is 217 g/mol. The Morgan fingerprint density at radius 2 is 2.29 bits per heavy atom. The van der Waals surface area contributed by atoms with Crippen LogP contribution in [0.5, 0.6) is 0 Å². The second-order valence-electron chi connectivity index (χ2n) is 2.83. The molecule has 0 aliphatic carbocycles. The zero-order valence-corrected chi connectivity index (χ0v) is 8.49. The molecule has 1 aromatic heterocycles. The fourth-order valence-electron chi connectivity index (χ4n) is 0.814. The SMILES string of the molecule is CS(=O)(=O)CCNC(=O)n1ccnc1. The van der Waals surface area contributed by atoms with Crippen LogP contribution in [0.2, 0.25) is 0 Å². The van der Waals surface area contributed by atoms with Crippen molar-refractivity contribution in [2.45, 2.75) is 0 Å². The smallest absolute Gasteiger partial charge is 0.326 e. The molecule has 78 valence electrons. The van der Waals surface area contributed by atoms with Gasteiger partial charge in [-0.25, -0.2) is 18.2 Å². The lowest BCUT2D eigenvalue weighted by molar-refractivity contribution is 0.243. The van der Waals surface area contributed by atoms with Gasteiger partial charge in [0, 0.05) is 25.2 Å². The summed E-state index contributed by atoms with van der Waals surface area (Å²) in [7, 11) is -3.03. The Morgan fingerprint density at radius 3 is 2.79 bits per heavy atom. The van der Waals surface area contributed by atoms with E-state index in [4.69, 9.17) is 0 Å². The number of aromatic nitrogens is 2. The third kappa shape index (κ3) is 3.56. The van der Waals surface area contributed by atoms with Gasteiger partial charge >= 0.3 is 6.03 Å². The summed E-state index contributed by atoms with van der Waals surface area (Å²) in [5.74, 6) is -0.0621. The molecule has 0 atom stereocenters. The Bertz CT molecular complexity index is 396. The molecule has 0 saturated heterocycles. The molecule has 1 N–H and O–H groups in total. The fourth-order valence-corrected chi connectivity index (χ4v) is 1.29. The quantitative estimate of drug-likeness (QED) is 0.739. The number of rotatable bonds is 3. The van der Waals surface area contributed by atoms with E-state index in [-0.39, 0.29) is 18.3 Å². The van der Waals surface area contributed by atoms with Crippen LogP contribution in [0.3, 0.4) is 0 Å². The van der Waals surface area contributed by atoms with Gasteiger partial charge in [0.15, 0.2) is 0 Å². The second-order valence-corrected chi connectivity index (χ2v) is 5.09. The normalized spacial score (nSPS) is 11.2. The zero-order valence-electron chi connectivity index (χ0n) is 7.67. The number of sulfone groups is 1. The molecule has 1 amide bonds. The summed E-state index contributed by atoms with van der Waals surface area (Å²) < 4.78 is 22.7. The van der Waals surface area contributed by atoms with Crippen LogP contribution in [0.1, 0.15) is 0 Å². The molecule has 0 saturated carbocycles. The van der Waals surface area contributed by atoms with E-state index in [1.807, 2.05) is 0 Å². The molecule has 1 rings (SSSR count). The van der Waals surface area contributed by atoms with Gasteiger partial charge in [-0.1, -0.05) is 0 Å². The molecule has 6 nitrogen and oxygen atoms in total. The van der Waals surface area contributed by atoms with Gasteiger partial charge in [0.25, 0.3) is 0 Å². The minimum atomic E-state index is -3.03. The minimum absolute atomic E-state index is 0.0621. The summed E-state index contributed by atoms with van der Waals surface area (Å²) in [6.07, 6.45) is 5.41. The first-order valence-corrected chi connectivity index (χ1v) is 5.99. The molecule has 1 heterocycles. The van der Waals surface area contributed by atoms with E-state index in [1.54, 1.807) is 0 Å². The van der Waals surface area contributed by atoms with Crippen LogP contribution < -0.4 is 5.32 Å². The Balaban J connectivity index is 2.37. The van der Waals surface area contributed by atoms with Gasteiger partial charge in [0.1, 0.15) is 16.2 Å². The first-order chi connectivity index (χ1) is 6.49. The molecular weight excluding hydrogens is 206 g/mol. The summed E-state index contributed by atoms with van der Waals surface area (Å²) in [6, 6.07) is -0.383.